The molecule has 2 N–H and O–H groups in total. The number of nitriles is 1. The summed E-state index contributed by atoms with van der Waals surface area (Å²) >= 11 is 5.85. The van der Waals surface area contributed by atoms with Crippen LogP contribution in [0.3, 0.4) is 0 Å². The molecule has 178 valence electrons. The Kier molecular flexibility index (Phi) is 8.82. The number of hydrogen-bond acceptors (Lipinski definition) is 5. The van der Waals surface area contributed by atoms with Gasteiger partial charge in [0.05, 0.1) is 6.61 Å². The Morgan fingerprint density at radius 1 is 0.971 bits per heavy atom. The van der Waals surface area contributed by atoms with E-state index in [9.17, 15) is 19.2 Å². The van der Waals surface area contributed by atoms with Crippen LogP contribution in [-0.2, 0) is 9.59 Å². The van der Waals surface area contributed by atoms with Crippen LogP contribution in [0.5, 0.6) is 11.5 Å². The second-order valence-corrected chi connectivity index (χ2v) is 7.55. The summed E-state index contributed by atoms with van der Waals surface area (Å²) in [5, 5.41) is 15.2. The van der Waals surface area contributed by atoms with Crippen molar-refractivity contribution in [2.45, 2.75) is 6.92 Å². The molecule has 3 rings (SSSR count). The Labute approximate surface area is 206 Å². The van der Waals surface area contributed by atoms with Gasteiger partial charge >= 0.3 is 0 Å². The monoisotopic (exact) mass is 493 g/mol. The van der Waals surface area contributed by atoms with E-state index in [2.05, 4.69) is 10.6 Å². The number of halogens is 2. The van der Waals surface area contributed by atoms with Crippen LogP contribution < -0.4 is 20.1 Å². The molecule has 7 nitrogen and oxygen atoms in total. The van der Waals surface area contributed by atoms with Crippen LogP contribution in [0.2, 0.25) is 5.02 Å². The summed E-state index contributed by atoms with van der Waals surface area (Å²) in [6.07, 6.45) is 1.42. The maximum atomic E-state index is 13.0. The van der Waals surface area contributed by atoms with Crippen LogP contribution >= 0.6 is 11.6 Å². The van der Waals surface area contributed by atoms with Gasteiger partial charge < -0.3 is 20.1 Å². The van der Waals surface area contributed by atoms with Crippen molar-refractivity contribution in [3.05, 3.63) is 88.7 Å². The van der Waals surface area contributed by atoms with E-state index in [-0.39, 0.29) is 12.2 Å². The zero-order valence-corrected chi connectivity index (χ0v) is 19.4. The average molecular weight is 494 g/mol. The molecular formula is C26H21ClFN3O4. The maximum Gasteiger partial charge on any atom is 0.266 e. The lowest BCUT2D eigenvalue weighted by atomic mass is 10.1. The van der Waals surface area contributed by atoms with Crippen molar-refractivity contribution in [2.75, 3.05) is 23.8 Å². The molecular weight excluding hydrogens is 473 g/mol. The second-order valence-electron chi connectivity index (χ2n) is 7.11. The van der Waals surface area contributed by atoms with Crippen molar-refractivity contribution in [3.63, 3.8) is 0 Å². The fourth-order valence-electron chi connectivity index (χ4n) is 2.92. The third kappa shape index (κ3) is 7.59. The Bertz CT molecular complexity index is 1270. The Balaban J connectivity index is 1.69. The van der Waals surface area contributed by atoms with Crippen LogP contribution in [0.25, 0.3) is 6.08 Å². The number of ether oxygens (including phenoxy) is 2. The van der Waals surface area contributed by atoms with Gasteiger partial charge in [-0.15, -0.1) is 0 Å². The molecule has 0 fully saturated rings. The summed E-state index contributed by atoms with van der Waals surface area (Å²) in [4.78, 5) is 24.7. The average Bonchev–Trinajstić information content (AvgIpc) is 2.85. The predicted octanol–water partition coefficient (Wildman–Crippen LogP) is 5.44. The van der Waals surface area contributed by atoms with Crippen molar-refractivity contribution >= 4 is 40.9 Å². The van der Waals surface area contributed by atoms with Crippen LogP contribution in [0.15, 0.2) is 72.3 Å². The predicted molar refractivity (Wildman–Crippen MR) is 132 cm³/mol. The van der Waals surface area contributed by atoms with Crippen molar-refractivity contribution in [2.24, 2.45) is 0 Å². The number of benzene rings is 3. The van der Waals surface area contributed by atoms with E-state index < -0.39 is 17.6 Å². The minimum atomic E-state index is -0.578. The molecule has 0 radical (unpaired) electrons. The molecule has 0 atom stereocenters. The van der Waals surface area contributed by atoms with Crippen LogP contribution in [-0.4, -0.2) is 25.0 Å². The highest BCUT2D eigenvalue weighted by Gasteiger charge is 2.13. The number of amides is 2. The first-order valence-electron chi connectivity index (χ1n) is 10.5. The summed E-state index contributed by atoms with van der Waals surface area (Å²) in [6.45, 7) is 1.81. The van der Waals surface area contributed by atoms with E-state index in [1.807, 2.05) is 6.07 Å². The van der Waals surface area contributed by atoms with Crippen molar-refractivity contribution in [1.29, 1.82) is 5.26 Å². The zero-order chi connectivity index (χ0) is 25.2. The molecule has 3 aromatic carbocycles. The lowest BCUT2D eigenvalue weighted by Crippen LogP contribution is -2.20. The van der Waals surface area contributed by atoms with Crippen molar-refractivity contribution in [1.82, 2.24) is 0 Å². The topological polar surface area (TPSA) is 100 Å². The third-order valence-electron chi connectivity index (χ3n) is 4.53. The SMILES string of the molecule is CCOc1cc(C=C(C#N)C(=O)Nc2ccc(Cl)cc2)ccc1OCC(=O)Nc1ccc(F)cc1. The standard InChI is InChI=1S/C26H21ClFN3O4/c1-2-34-24-14-17(13-18(15-29)26(33)31-22-8-4-19(27)5-9-22)3-12-23(24)35-16-25(32)30-21-10-6-20(28)7-11-21/h3-14H,2,16H2,1H3,(H,30,32)(H,31,33). The smallest absolute Gasteiger partial charge is 0.266 e. The second kappa shape index (κ2) is 12.2. The van der Waals surface area contributed by atoms with Gasteiger partial charge in [-0.25, -0.2) is 4.39 Å². The highest BCUT2D eigenvalue weighted by molar-refractivity contribution is 6.30. The molecule has 0 saturated heterocycles. The van der Waals surface area contributed by atoms with Gasteiger partial charge in [-0.1, -0.05) is 17.7 Å². The fraction of sp³-hybridized carbons (Fsp3) is 0.115. The molecule has 0 heterocycles. The van der Waals surface area contributed by atoms with E-state index in [1.165, 1.54) is 30.3 Å². The lowest BCUT2D eigenvalue weighted by molar-refractivity contribution is -0.118. The highest BCUT2D eigenvalue weighted by Crippen LogP contribution is 2.29. The molecule has 0 spiro atoms. The van der Waals surface area contributed by atoms with Gasteiger partial charge in [-0.3, -0.25) is 9.59 Å². The first kappa shape index (κ1) is 25.3. The van der Waals surface area contributed by atoms with Crippen LogP contribution in [0.1, 0.15) is 12.5 Å². The summed E-state index contributed by atoms with van der Waals surface area (Å²) in [6, 6.07) is 18.6. The third-order valence-corrected chi connectivity index (χ3v) is 4.78. The van der Waals surface area contributed by atoms with Crippen LogP contribution in [0, 0.1) is 17.1 Å². The molecule has 9 heteroatoms. The number of anilines is 2. The Hall–Kier alpha value is -4.35. The largest absolute Gasteiger partial charge is 0.490 e. The molecule has 0 bridgehead atoms. The summed E-state index contributed by atoms with van der Waals surface area (Å²) in [5.74, 6) is -0.774. The van der Waals surface area contributed by atoms with Crippen molar-refractivity contribution in [3.8, 4) is 17.6 Å². The Morgan fingerprint density at radius 3 is 2.29 bits per heavy atom. The first-order chi connectivity index (χ1) is 16.9. The van der Waals surface area contributed by atoms with E-state index in [0.717, 1.165) is 0 Å². The molecule has 0 aliphatic heterocycles. The molecule has 0 aliphatic rings. The maximum absolute atomic E-state index is 13.0. The number of nitrogens with zero attached hydrogens (tertiary/aromatic N) is 1. The number of carbonyl (C=O) groups excluding carboxylic acids is 2. The summed E-state index contributed by atoms with van der Waals surface area (Å²) in [5.41, 5.74) is 1.35. The summed E-state index contributed by atoms with van der Waals surface area (Å²) in [7, 11) is 0. The van der Waals surface area contributed by atoms with Gasteiger partial charge in [0.15, 0.2) is 18.1 Å². The van der Waals surface area contributed by atoms with Gasteiger partial charge in [-0.05, 0) is 79.2 Å². The molecule has 2 amide bonds. The molecule has 0 aromatic heterocycles. The number of hydrogen-bond donors (Lipinski definition) is 2. The number of carbonyl (C=O) groups is 2. The van der Waals surface area contributed by atoms with Crippen molar-refractivity contribution < 1.29 is 23.5 Å². The summed E-state index contributed by atoms with van der Waals surface area (Å²) < 4.78 is 24.2. The normalized spacial score (nSPS) is 10.7. The molecule has 0 saturated carbocycles. The van der Waals surface area contributed by atoms with Gasteiger partial charge in [0.2, 0.25) is 0 Å². The van der Waals surface area contributed by atoms with Gasteiger partial charge in [0.25, 0.3) is 11.8 Å². The molecule has 3 aromatic rings. The minimum Gasteiger partial charge on any atom is -0.490 e. The van der Waals surface area contributed by atoms with E-state index in [4.69, 9.17) is 21.1 Å². The first-order valence-corrected chi connectivity index (χ1v) is 10.9. The quantitative estimate of drug-likeness (QED) is 0.305. The zero-order valence-electron chi connectivity index (χ0n) is 18.7. The van der Waals surface area contributed by atoms with E-state index in [1.54, 1.807) is 49.4 Å². The van der Waals surface area contributed by atoms with Gasteiger partial charge in [-0.2, -0.15) is 5.26 Å². The highest BCUT2D eigenvalue weighted by atomic mass is 35.5. The van der Waals surface area contributed by atoms with Crippen LogP contribution in [0.4, 0.5) is 15.8 Å². The van der Waals surface area contributed by atoms with Gasteiger partial charge in [0, 0.05) is 16.4 Å². The number of nitrogens with one attached hydrogen (secondary N) is 2. The van der Waals surface area contributed by atoms with Gasteiger partial charge in [0.1, 0.15) is 17.5 Å². The number of rotatable bonds is 9. The van der Waals surface area contributed by atoms with E-state index >= 15 is 0 Å². The molecule has 0 unspecified atom stereocenters. The minimum absolute atomic E-state index is 0.116. The lowest BCUT2D eigenvalue weighted by Gasteiger charge is -2.13. The molecule has 0 aliphatic carbocycles. The molecule has 35 heavy (non-hydrogen) atoms. The Morgan fingerprint density at radius 2 is 1.63 bits per heavy atom. The fourth-order valence-corrected chi connectivity index (χ4v) is 3.05. The van der Waals surface area contributed by atoms with E-state index in [0.29, 0.717) is 40.1 Å².